The van der Waals surface area contributed by atoms with Crippen molar-refractivity contribution < 1.29 is 0 Å². The highest BCUT2D eigenvalue weighted by Gasteiger charge is 2.23. The lowest BCUT2D eigenvalue weighted by atomic mass is 9.99. The molecule has 1 unspecified atom stereocenters. The fourth-order valence-electron chi connectivity index (χ4n) is 2.21. The molecule has 0 aromatic carbocycles. The zero-order chi connectivity index (χ0) is 8.39. The van der Waals surface area contributed by atoms with Crippen LogP contribution in [0.25, 0.3) is 0 Å². The minimum absolute atomic E-state index is 0.724. The van der Waals surface area contributed by atoms with E-state index >= 15 is 0 Å². The molecule has 0 N–H and O–H groups in total. The van der Waals surface area contributed by atoms with Gasteiger partial charge in [-0.05, 0) is 44.8 Å². The first-order chi connectivity index (χ1) is 5.88. The molecule has 1 aliphatic carbocycles. The molecular weight excluding hydrogens is 146 g/mol. The maximum absolute atomic E-state index is 2.47. The van der Waals surface area contributed by atoms with Crippen LogP contribution in [0, 0.1) is 0 Å². The Morgan fingerprint density at radius 2 is 2.33 bits per heavy atom. The third-order valence-electron chi connectivity index (χ3n) is 2.93. The summed E-state index contributed by atoms with van der Waals surface area (Å²) >= 11 is 0. The summed E-state index contributed by atoms with van der Waals surface area (Å²) in [5.41, 5.74) is 1.56. The lowest BCUT2D eigenvalue weighted by Gasteiger charge is -2.22. The zero-order valence-corrected chi connectivity index (χ0v) is 7.79. The second-order valence-corrected chi connectivity index (χ2v) is 3.82. The van der Waals surface area contributed by atoms with Gasteiger partial charge in [0.05, 0.1) is 0 Å². The van der Waals surface area contributed by atoms with E-state index in [1.807, 2.05) is 0 Å². The Morgan fingerprint density at radius 3 is 2.92 bits per heavy atom. The molecule has 66 valence electrons. The molecule has 0 amide bonds. The minimum Gasteiger partial charge on any atom is -0.299 e. The number of rotatable bonds is 1. The molecule has 1 heteroatoms. The molecule has 2 rings (SSSR count). The molecule has 1 saturated heterocycles. The quantitative estimate of drug-likeness (QED) is 0.573. The summed E-state index contributed by atoms with van der Waals surface area (Å²) in [6.07, 6.45) is 12.2. The lowest BCUT2D eigenvalue weighted by Crippen LogP contribution is -2.26. The molecule has 1 heterocycles. The van der Waals surface area contributed by atoms with Crippen molar-refractivity contribution in [3.8, 4) is 0 Å². The van der Waals surface area contributed by atoms with Gasteiger partial charge >= 0.3 is 0 Å². The number of hydrogen-bond donors (Lipinski definition) is 0. The Hall–Kier alpha value is -0.560. The maximum Gasteiger partial charge on any atom is 0.0342 e. The van der Waals surface area contributed by atoms with E-state index in [1.165, 1.54) is 32.2 Å². The molecule has 2 aliphatic rings. The van der Waals surface area contributed by atoms with E-state index in [0.717, 1.165) is 6.04 Å². The van der Waals surface area contributed by atoms with Crippen molar-refractivity contribution in [3.05, 3.63) is 23.8 Å². The fraction of sp³-hybridized carbons (Fsp3) is 0.636. The van der Waals surface area contributed by atoms with Crippen molar-refractivity contribution in [2.45, 2.75) is 31.7 Å². The number of nitrogens with zero attached hydrogens (tertiary/aromatic N) is 1. The fourth-order valence-corrected chi connectivity index (χ4v) is 2.21. The average molecular weight is 163 g/mol. The molecule has 1 fully saturated rings. The van der Waals surface area contributed by atoms with Gasteiger partial charge in [0, 0.05) is 6.04 Å². The van der Waals surface area contributed by atoms with Crippen LogP contribution in [0.2, 0.25) is 0 Å². The summed E-state index contributed by atoms with van der Waals surface area (Å²) in [6.45, 7) is 1.27. The molecule has 0 saturated carbocycles. The molecule has 1 atom stereocenters. The zero-order valence-electron chi connectivity index (χ0n) is 7.79. The van der Waals surface area contributed by atoms with Crippen molar-refractivity contribution >= 4 is 0 Å². The van der Waals surface area contributed by atoms with Crippen LogP contribution in [-0.4, -0.2) is 24.5 Å². The predicted octanol–water partition coefficient (Wildman–Crippen LogP) is 2.36. The van der Waals surface area contributed by atoms with Gasteiger partial charge < -0.3 is 0 Å². The number of likely N-dealkylation sites (tertiary alicyclic amines) is 1. The van der Waals surface area contributed by atoms with Crippen molar-refractivity contribution in [3.63, 3.8) is 0 Å². The summed E-state index contributed by atoms with van der Waals surface area (Å²) in [5.74, 6) is 0. The van der Waals surface area contributed by atoms with E-state index in [9.17, 15) is 0 Å². The van der Waals surface area contributed by atoms with Crippen molar-refractivity contribution in [1.82, 2.24) is 4.90 Å². The highest BCUT2D eigenvalue weighted by molar-refractivity contribution is 5.28. The van der Waals surface area contributed by atoms with Crippen molar-refractivity contribution in [2.24, 2.45) is 0 Å². The third-order valence-corrected chi connectivity index (χ3v) is 2.93. The Morgan fingerprint density at radius 1 is 1.42 bits per heavy atom. The predicted molar refractivity (Wildman–Crippen MR) is 52.1 cm³/mol. The van der Waals surface area contributed by atoms with Gasteiger partial charge in [0.15, 0.2) is 0 Å². The summed E-state index contributed by atoms with van der Waals surface area (Å²) in [6, 6.07) is 0.724. The van der Waals surface area contributed by atoms with Crippen molar-refractivity contribution in [2.75, 3.05) is 13.6 Å². The normalized spacial score (nSPS) is 30.8. The first-order valence-corrected chi connectivity index (χ1v) is 4.95. The highest BCUT2D eigenvalue weighted by atomic mass is 15.1. The van der Waals surface area contributed by atoms with Gasteiger partial charge in [0.2, 0.25) is 0 Å². The van der Waals surface area contributed by atoms with Crippen LogP contribution in [0.3, 0.4) is 0 Å². The van der Waals surface area contributed by atoms with Crippen LogP contribution in [0.15, 0.2) is 23.8 Å². The summed E-state index contributed by atoms with van der Waals surface area (Å²) < 4.78 is 0. The SMILES string of the molecule is CN1CCCC1C1=CCCC=C1. The van der Waals surface area contributed by atoms with Crippen LogP contribution >= 0.6 is 0 Å². The molecule has 0 bridgehead atoms. The minimum atomic E-state index is 0.724. The van der Waals surface area contributed by atoms with E-state index in [4.69, 9.17) is 0 Å². The van der Waals surface area contributed by atoms with Gasteiger partial charge in [-0.1, -0.05) is 18.2 Å². The second-order valence-electron chi connectivity index (χ2n) is 3.82. The van der Waals surface area contributed by atoms with E-state index in [-0.39, 0.29) is 0 Å². The van der Waals surface area contributed by atoms with Gasteiger partial charge in [-0.25, -0.2) is 0 Å². The molecule has 1 aliphatic heterocycles. The monoisotopic (exact) mass is 163 g/mol. The standard InChI is InChI=1S/C11H17N/c1-12-9-5-8-11(12)10-6-3-2-4-7-10/h3,6-7,11H,2,4-5,8-9H2,1H3. The molecule has 0 aromatic rings. The van der Waals surface area contributed by atoms with Gasteiger partial charge in [-0.2, -0.15) is 0 Å². The maximum atomic E-state index is 2.47. The highest BCUT2D eigenvalue weighted by Crippen LogP contribution is 2.25. The Kier molecular flexibility index (Phi) is 2.31. The first-order valence-electron chi connectivity index (χ1n) is 4.95. The smallest absolute Gasteiger partial charge is 0.0342 e. The van der Waals surface area contributed by atoms with Crippen LogP contribution in [0.1, 0.15) is 25.7 Å². The average Bonchev–Trinajstić information content (AvgIpc) is 2.53. The van der Waals surface area contributed by atoms with E-state index in [2.05, 4.69) is 30.2 Å². The van der Waals surface area contributed by atoms with Gasteiger partial charge in [0.1, 0.15) is 0 Å². The van der Waals surface area contributed by atoms with Gasteiger partial charge in [0.25, 0.3) is 0 Å². The Balaban J connectivity index is 2.07. The van der Waals surface area contributed by atoms with E-state index < -0.39 is 0 Å². The molecule has 0 radical (unpaired) electrons. The summed E-state index contributed by atoms with van der Waals surface area (Å²) in [5, 5.41) is 0. The second kappa shape index (κ2) is 3.44. The largest absolute Gasteiger partial charge is 0.299 e. The van der Waals surface area contributed by atoms with Crippen LogP contribution < -0.4 is 0 Å². The Labute approximate surface area is 74.8 Å². The molecule has 0 aromatic heterocycles. The van der Waals surface area contributed by atoms with Crippen LogP contribution in [0.4, 0.5) is 0 Å². The number of hydrogen-bond acceptors (Lipinski definition) is 1. The molecule has 12 heavy (non-hydrogen) atoms. The Bertz CT molecular complexity index is 215. The number of likely N-dealkylation sites (N-methyl/N-ethyl adjacent to an activating group) is 1. The first kappa shape index (κ1) is 8.06. The third kappa shape index (κ3) is 1.46. The molecule has 1 nitrogen and oxygen atoms in total. The molecule has 0 spiro atoms. The van der Waals surface area contributed by atoms with Gasteiger partial charge in [-0.15, -0.1) is 0 Å². The van der Waals surface area contributed by atoms with Crippen LogP contribution in [-0.2, 0) is 0 Å². The van der Waals surface area contributed by atoms with Crippen molar-refractivity contribution in [1.29, 1.82) is 0 Å². The van der Waals surface area contributed by atoms with Crippen LogP contribution in [0.5, 0.6) is 0 Å². The number of allylic oxidation sites excluding steroid dienone is 2. The topological polar surface area (TPSA) is 3.24 Å². The van der Waals surface area contributed by atoms with E-state index in [1.54, 1.807) is 5.57 Å². The summed E-state index contributed by atoms with van der Waals surface area (Å²) in [7, 11) is 2.24. The lowest BCUT2D eigenvalue weighted by molar-refractivity contribution is 0.348. The van der Waals surface area contributed by atoms with Gasteiger partial charge in [-0.3, -0.25) is 4.90 Å². The molecular formula is C11H17N. The summed E-state index contributed by atoms with van der Waals surface area (Å²) in [4.78, 5) is 2.47. The van der Waals surface area contributed by atoms with E-state index in [0.29, 0.717) is 0 Å².